The monoisotopic (exact) mass is 418 g/mol. The largest absolute Gasteiger partial charge is 0.338 e. The van der Waals surface area contributed by atoms with Crippen molar-refractivity contribution >= 4 is 21.6 Å². The third-order valence-corrected chi connectivity index (χ3v) is 6.81. The summed E-state index contributed by atoms with van der Waals surface area (Å²) < 4.78 is 32.3. The van der Waals surface area contributed by atoms with Crippen LogP contribution in [-0.4, -0.2) is 53.9 Å². The normalized spacial score (nSPS) is 16.3. The van der Waals surface area contributed by atoms with Gasteiger partial charge in [0.15, 0.2) is 0 Å². The second-order valence-corrected chi connectivity index (χ2v) is 8.89. The molecule has 4 rings (SSSR count). The number of aromatic nitrogens is 2. The highest BCUT2D eigenvalue weighted by molar-refractivity contribution is 7.89. The van der Waals surface area contributed by atoms with E-state index in [0.29, 0.717) is 54.4 Å². The molecular weight excluding hydrogens is 400 g/mol. The summed E-state index contributed by atoms with van der Waals surface area (Å²) in [5, 5.41) is 4.66. The zero-order valence-electron chi connectivity index (χ0n) is 15.0. The highest BCUT2D eigenvalue weighted by atomic mass is 35.5. The average molecular weight is 419 g/mol. The van der Waals surface area contributed by atoms with E-state index in [2.05, 4.69) is 15.0 Å². The molecule has 1 saturated heterocycles. The van der Waals surface area contributed by atoms with E-state index in [1.54, 1.807) is 42.5 Å². The minimum Gasteiger partial charge on any atom is -0.338 e. The molecule has 0 saturated carbocycles. The van der Waals surface area contributed by atoms with Gasteiger partial charge in [-0.1, -0.05) is 35.0 Å². The van der Waals surface area contributed by atoms with Gasteiger partial charge in [-0.2, -0.15) is 9.29 Å². The van der Waals surface area contributed by atoms with Gasteiger partial charge in [0.1, 0.15) is 0 Å². The molecule has 0 N–H and O–H groups in total. The molecule has 2 heterocycles. The fourth-order valence-electron chi connectivity index (χ4n) is 3.10. The Morgan fingerprint density at radius 3 is 2.32 bits per heavy atom. The summed E-state index contributed by atoms with van der Waals surface area (Å²) in [5.41, 5.74) is 0.832. The maximum Gasteiger partial charge on any atom is 0.243 e. The number of rotatable bonds is 5. The first-order valence-corrected chi connectivity index (χ1v) is 10.7. The number of benzene rings is 2. The first-order chi connectivity index (χ1) is 13.5. The minimum atomic E-state index is -3.45. The minimum absolute atomic E-state index is 0.327. The van der Waals surface area contributed by atoms with Crippen LogP contribution in [0.4, 0.5) is 0 Å². The zero-order chi connectivity index (χ0) is 19.6. The van der Waals surface area contributed by atoms with Gasteiger partial charge >= 0.3 is 0 Å². The third-order valence-electron chi connectivity index (χ3n) is 4.64. The van der Waals surface area contributed by atoms with E-state index in [1.165, 1.54) is 4.31 Å². The molecule has 0 unspecified atom stereocenters. The van der Waals surface area contributed by atoms with Gasteiger partial charge in [0, 0.05) is 36.8 Å². The smallest absolute Gasteiger partial charge is 0.243 e. The predicted molar refractivity (Wildman–Crippen MR) is 105 cm³/mol. The SMILES string of the molecule is O=S(=O)(c1ccccc1)N1CCN(Cc2nc(-c3ccc(Cl)cc3)no2)CC1. The van der Waals surface area contributed by atoms with E-state index in [9.17, 15) is 8.42 Å². The number of nitrogens with zero attached hydrogens (tertiary/aromatic N) is 4. The molecule has 2 aromatic carbocycles. The van der Waals surface area contributed by atoms with E-state index in [0.717, 1.165) is 5.56 Å². The van der Waals surface area contributed by atoms with Crippen LogP contribution < -0.4 is 0 Å². The lowest BCUT2D eigenvalue weighted by Gasteiger charge is -2.33. The molecule has 0 spiro atoms. The summed E-state index contributed by atoms with van der Waals surface area (Å²) in [7, 11) is -3.45. The fraction of sp³-hybridized carbons (Fsp3) is 0.263. The Hall–Kier alpha value is -2.26. The number of sulfonamides is 1. The van der Waals surface area contributed by atoms with Gasteiger partial charge in [-0.05, 0) is 36.4 Å². The van der Waals surface area contributed by atoms with Crippen molar-refractivity contribution in [2.45, 2.75) is 11.4 Å². The lowest BCUT2D eigenvalue weighted by molar-refractivity contribution is 0.163. The Labute approximate surface area is 168 Å². The molecule has 9 heteroatoms. The molecule has 0 bridgehead atoms. The topological polar surface area (TPSA) is 79.5 Å². The van der Waals surface area contributed by atoms with E-state index in [1.807, 2.05) is 12.1 Å². The van der Waals surface area contributed by atoms with Crippen LogP contribution in [0.15, 0.2) is 64.0 Å². The standard InChI is InChI=1S/C19H19ClN4O3S/c20-16-8-6-15(7-9-16)19-21-18(27-22-19)14-23-10-12-24(13-11-23)28(25,26)17-4-2-1-3-5-17/h1-9H,10-14H2. The van der Waals surface area contributed by atoms with Gasteiger partial charge in [-0.25, -0.2) is 8.42 Å². The molecule has 146 valence electrons. The van der Waals surface area contributed by atoms with E-state index in [4.69, 9.17) is 16.1 Å². The van der Waals surface area contributed by atoms with Gasteiger partial charge in [-0.3, -0.25) is 4.90 Å². The van der Waals surface area contributed by atoms with Crippen molar-refractivity contribution in [3.8, 4) is 11.4 Å². The van der Waals surface area contributed by atoms with Crippen molar-refractivity contribution in [2.24, 2.45) is 0 Å². The van der Waals surface area contributed by atoms with Gasteiger partial charge < -0.3 is 4.52 Å². The Balaban J connectivity index is 1.37. The Morgan fingerprint density at radius 2 is 1.64 bits per heavy atom. The van der Waals surface area contributed by atoms with Crippen LogP contribution in [0.1, 0.15) is 5.89 Å². The molecule has 1 aliphatic heterocycles. The average Bonchev–Trinajstić information content (AvgIpc) is 3.18. The second-order valence-electron chi connectivity index (χ2n) is 6.51. The number of hydrogen-bond donors (Lipinski definition) is 0. The van der Waals surface area contributed by atoms with Gasteiger partial charge in [-0.15, -0.1) is 0 Å². The quantitative estimate of drug-likeness (QED) is 0.633. The van der Waals surface area contributed by atoms with E-state index in [-0.39, 0.29) is 0 Å². The summed E-state index contributed by atoms with van der Waals surface area (Å²) in [6, 6.07) is 15.7. The van der Waals surface area contributed by atoms with Crippen molar-refractivity contribution in [3.63, 3.8) is 0 Å². The van der Waals surface area contributed by atoms with Crippen molar-refractivity contribution in [1.29, 1.82) is 0 Å². The van der Waals surface area contributed by atoms with Crippen molar-refractivity contribution < 1.29 is 12.9 Å². The fourth-order valence-corrected chi connectivity index (χ4v) is 4.67. The van der Waals surface area contributed by atoms with Crippen LogP contribution in [0.3, 0.4) is 0 Å². The molecule has 0 amide bonds. The van der Waals surface area contributed by atoms with Crippen LogP contribution >= 0.6 is 11.6 Å². The first kappa shape index (κ1) is 19.1. The maximum atomic E-state index is 12.7. The van der Waals surface area contributed by atoms with Crippen molar-refractivity contribution in [1.82, 2.24) is 19.3 Å². The van der Waals surface area contributed by atoms with Crippen LogP contribution in [0.5, 0.6) is 0 Å². The Morgan fingerprint density at radius 1 is 0.964 bits per heavy atom. The lowest BCUT2D eigenvalue weighted by Crippen LogP contribution is -2.48. The number of halogens is 1. The van der Waals surface area contributed by atoms with Gasteiger partial charge in [0.2, 0.25) is 21.7 Å². The van der Waals surface area contributed by atoms with Gasteiger partial charge in [0.05, 0.1) is 11.4 Å². The maximum absolute atomic E-state index is 12.7. The highest BCUT2D eigenvalue weighted by Gasteiger charge is 2.28. The summed E-state index contributed by atoms with van der Waals surface area (Å²) in [4.78, 5) is 6.86. The Kier molecular flexibility index (Phi) is 5.45. The zero-order valence-corrected chi connectivity index (χ0v) is 16.6. The second kappa shape index (κ2) is 8.00. The molecule has 1 fully saturated rings. The van der Waals surface area contributed by atoms with Gasteiger partial charge in [0.25, 0.3) is 0 Å². The molecule has 1 aliphatic rings. The van der Waals surface area contributed by atoms with Crippen LogP contribution in [-0.2, 0) is 16.6 Å². The number of piperazine rings is 1. The molecular formula is C19H19ClN4O3S. The molecule has 7 nitrogen and oxygen atoms in total. The van der Waals surface area contributed by atoms with Crippen molar-refractivity contribution in [2.75, 3.05) is 26.2 Å². The van der Waals surface area contributed by atoms with Crippen molar-refractivity contribution in [3.05, 3.63) is 65.5 Å². The third kappa shape index (κ3) is 4.10. The molecule has 1 aromatic heterocycles. The molecule has 0 atom stereocenters. The predicted octanol–water partition coefficient (Wildman–Crippen LogP) is 2.90. The van der Waals surface area contributed by atoms with Crippen LogP contribution in [0, 0.1) is 0 Å². The number of hydrogen-bond acceptors (Lipinski definition) is 6. The molecule has 0 aliphatic carbocycles. The summed E-state index contributed by atoms with van der Waals surface area (Å²) in [6.45, 7) is 2.54. The first-order valence-electron chi connectivity index (χ1n) is 8.88. The highest BCUT2D eigenvalue weighted by Crippen LogP contribution is 2.20. The van der Waals surface area contributed by atoms with E-state index < -0.39 is 10.0 Å². The molecule has 0 radical (unpaired) electrons. The molecule has 3 aromatic rings. The van der Waals surface area contributed by atoms with Crippen LogP contribution in [0.25, 0.3) is 11.4 Å². The lowest BCUT2D eigenvalue weighted by atomic mass is 10.2. The summed E-state index contributed by atoms with van der Waals surface area (Å²) in [6.07, 6.45) is 0. The summed E-state index contributed by atoms with van der Waals surface area (Å²) >= 11 is 5.90. The van der Waals surface area contributed by atoms with E-state index >= 15 is 0 Å². The summed E-state index contributed by atoms with van der Waals surface area (Å²) in [5.74, 6) is 1.02. The Bertz CT molecular complexity index is 1030. The van der Waals surface area contributed by atoms with Crippen LogP contribution in [0.2, 0.25) is 5.02 Å². The molecule has 28 heavy (non-hydrogen) atoms.